The third-order valence-electron chi connectivity index (χ3n) is 4.52. The number of hydrogen-bond donors (Lipinski definition) is 1. The number of carbonyl (C=O) groups excluding carboxylic acids is 1. The van der Waals surface area contributed by atoms with Gasteiger partial charge in [0.2, 0.25) is 4.96 Å². The van der Waals surface area contributed by atoms with E-state index < -0.39 is 0 Å². The highest BCUT2D eigenvalue weighted by atomic mass is 32.1. The Labute approximate surface area is 177 Å². The number of anilines is 1. The van der Waals surface area contributed by atoms with Crippen molar-refractivity contribution in [2.75, 3.05) is 19.5 Å². The molecule has 0 fully saturated rings. The largest absolute Gasteiger partial charge is 0.497 e. The first-order chi connectivity index (χ1) is 14.6. The van der Waals surface area contributed by atoms with Gasteiger partial charge in [0.1, 0.15) is 11.5 Å². The number of benzene rings is 2. The number of ether oxygens (including phenoxy) is 2. The molecule has 0 saturated carbocycles. The molecular formula is C22H20N4O3S. The molecule has 0 aliphatic carbocycles. The molecule has 0 aliphatic rings. The summed E-state index contributed by atoms with van der Waals surface area (Å²) in [5.74, 6) is 1.23. The van der Waals surface area contributed by atoms with Crippen LogP contribution in [0.5, 0.6) is 11.5 Å². The van der Waals surface area contributed by atoms with Crippen molar-refractivity contribution in [3.05, 3.63) is 65.0 Å². The zero-order valence-corrected chi connectivity index (χ0v) is 17.6. The minimum absolute atomic E-state index is 0.252. The quantitative estimate of drug-likeness (QED) is 0.467. The lowest BCUT2D eigenvalue weighted by Crippen LogP contribution is -2.09. The minimum Gasteiger partial charge on any atom is -0.497 e. The van der Waals surface area contributed by atoms with Gasteiger partial charge in [-0.15, -0.1) is 16.4 Å². The molecule has 8 heteroatoms. The Hall–Kier alpha value is -3.65. The van der Waals surface area contributed by atoms with Gasteiger partial charge in [-0.2, -0.15) is 4.98 Å². The predicted molar refractivity (Wildman–Crippen MR) is 118 cm³/mol. The summed E-state index contributed by atoms with van der Waals surface area (Å²) in [4.78, 5) is 17.5. The van der Waals surface area contributed by atoms with Crippen LogP contribution in [0.3, 0.4) is 0 Å². The molecule has 2 aromatic heterocycles. The molecule has 7 nitrogen and oxygen atoms in total. The fraction of sp³-hybridized carbons (Fsp3) is 0.136. The van der Waals surface area contributed by atoms with Crippen molar-refractivity contribution < 1.29 is 14.3 Å². The second-order valence-electron chi connectivity index (χ2n) is 6.55. The molecule has 1 amide bonds. The molecule has 0 atom stereocenters. The van der Waals surface area contributed by atoms with Gasteiger partial charge in [0.05, 0.1) is 19.9 Å². The molecule has 4 aromatic rings. The van der Waals surface area contributed by atoms with E-state index in [0.717, 1.165) is 16.8 Å². The van der Waals surface area contributed by atoms with Crippen LogP contribution >= 0.6 is 11.3 Å². The summed E-state index contributed by atoms with van der Waals surface area (Å²) in [7, 11) is 3.16. The zero-order chi connectivity index (χ0) is 21.1. The summed E-state index contributed by atoms with van der Waals surface area (Å²) in [6.45, 7) is 2.05. The van der Waals surface area contributed by atoms with Crippen molar-refractivity contribution in [2.45, 2.75) is 6.92 Å². The van der Waals surface area contributed by atoms with E-state index in [1.54, 1.807) is 43.0 Å². The molecule has 0 spiro atoms. The standard InChI is InChI=1S/C22H20N4O3S/c1-14-4-6-15(7-5-14)18-13-30-22-24-21(25-26(18)22)23-20(27)11-8-16-12-17(28-2)9-10-19(16)29-3/h4-13H,1-3H3,(H,23,25,27)/b11-8+. The molecule has 0 saturated heterocycles. The molecule has 4 rings (SSSR count). The Morgan fingerprint density at radius 3 is 2.67 bits per heavy atom. The number of nitrogens with one attached hydrogen (secondary N) is 1. The first-order valence-electron chi connectivity index (χ1n) is 9.20. The highest BCUT2D eigenvalue weighted by molar-refractivity contribution is 7.15. The molecule has 2 aromatic carbocycles. The number of fused-ring (bicyclic) bond motifs is 1. The molecule has 1 N–H and O–H groups in total. The number of carbonyl (C=O) groups is 1. The minimum atomic E-state index is -0.338. The van der Waals surface area contributed by atoms with Crippen molar-refractivity contribution in [2.24, 2.45) is 0 Å². The summed E-state index contributed by atoms with van der Waals surface area (Å²) < 4.78 is 12.3. The average molecular weight is 420 g/mol. The molecular weight excluding hydrogens is 400 g/mol. The highest BCUT2D eigenvalue weighted by Crippen LogP contribution is 2.27. The molecule has 30 heavy (non-hydrogen) atoms. The van der Waals surface area contributed by atoms with Gasteiger partial charge in [0, 0.05) is 22.6 Å². The van der Waals surface area contributed by atoms with Crippen molar-refractivity contribution in [3.63, 3.8) is 0 Å². The Balaban J connectivity index is 1.53. The summed E-state index contributed by atoms with van der Waals surface area (Å²) in [5.41, 5.74) is 3.89. The lowest BCUT2D eigenvalue weighted by Gasteiger charge is -2.07. The van der Waals surface area contributed by atoms with Crippen molar-refractivity contribution in [1.82, 2.24) is 14.6 Å². The van der Waals surface area contributed by atoms with Crippen LogP contribution in [0.15, 0.2) is 53.9 Å². The molecule has 2 heterocycles. The number of aryl methyl sites for hydroxylation is 1. The highest BCUT2D eigenvalue weighted by Gasteiger charge is 2.12. The van der Waals surface area contributed by atoms with Crippen LogP contribution in [0.2, 0.25) is 0 Å². The van der Waals surface area contributed by atoms with Crippen molar-refractivity contribution >= 4 is 34.2 Å². The monoisotopic (exact) mass is 420 g/mol. The fourth-order valence-corrected chi connectivity index (χ4v) is 3.78. The first-order valence-corrected chi connectivity index (χ1v) is 10.1. The molecule has 152 valence electrons. The number of thiazole rings is 1. The molecule has 0 unspecified atom stereocenters. The van der Waals surface area contributed by atoms with Gasteiger partial charge in [0.25, 0.3) is 11.9 Å². The maximum absolute atomic E-state index is 12.4. The van der Waals surface area contributed by atoms with Gasteiger partial charge in [-0.3, -0.25) is 10.1 Å². The Bertz CT molecular complexity index is 1230. The van der Waals surface area contributed by atoms with E-state index >= 15 is 0 Å². The number of methoxy groups -OCH3 is 2. The van der Waals surface area contributed by atoms with Crippen LogP contribution < -0.4 is 14.8 Å². The molecule has 0 aliphatic heterocycles. The summed E-state index contributed by atoms with van der Waals surface area (Å²) in [5, 5.41) is 9.14. The van der Waals surface area contributed by atoms with Crippen LogP contribution in [0.25, 0.3) is 22.3 Å². The van der Waals surface area contributed by atoms with E-state index in [0.29, 0.717) is 16.5 Å². The maximum Gasteiger partial charge on any atom is 0.250 e. The number of rotatable bonds is 6. The normalized spacial score (nSPS) is 11.2. The smallest absolute Gasteiger partial charge is 0.250 e. The lowest BCUT2D eigenvalue weighted by molar-refractivity contribution is -0.111. The van der Waals surface area contributed by atoms with Crippen LogP contribution in [-0.2, 0) is 4.79 Å². The third kappa shape index (κ3) is 4.04. The van der Waals surface area contributed by atoms with Gasteiger partial charge in [-0.25, -0.2) is 4.52 Å². The van der Waals surface area contributed by atoms with E-state index in [-0.39, 0.29) is 11.9 Å². The third-order valence-corrected chi connectivity index (χ3v) is 5.33. The summed E-state index contributed by atoms with van der Waals surface area (Å²) in [6.07, 6.45) is 3.07. The second-order valence-corrected chi connectivity index (χ2v) is 7.38. The topological polar surface area (TPSA) is 77.8 Å². The molecule has 0 bridgehead atoms. The van der Waals surface area contributed by atoms with Gasteiger partial charge in [-0.1, -0.05) is 29.8 Å². The van der Waals surface area contributed by atoms with Gasteiger partial charge < -0.3 is 9.47 Å². The fourth-order valence-electron chi connectivity index (χ4n) is 2.94. The van der Waals surface area contributed by atoms with E-state index in [1.807, 2.05) is 24.4 Å². The van der Waals surface area contributed by atoms with Crippen LogP contribution in [0.4, 0.5) is 5.95 Å². The van der Waals surface area contributed by atoms with Crippen LogP contribution in [0.1, 0.15) is 11.1 Å². The predicted octanol–water partition coefficient (Wildman–Crippen LogP) is 4.44. The first kappa shape index (κ1) is 19.7. The Morgan fingerprint density at radius 2 is 1.93 bits per heavy atom. The zero-order valence-electron chi connectivity index (χ0n) is 16.7. The molecule has 0 radical (unpaired) electrons. The second kappa shape index (κ2) is 8.38. The van der Waals surface area contributed by atoms with Crippen LogP contribution in [-0.4, -0.2) is 34.7 Å². The van der Waals surface area contributed by atoms with E-state index in [9.17, 15) is 4.79 Å². The SMILES string of the molecule is COc1ccc(OC)c(/C=C/C(=O)Nc2nc3scc(-c4ccc(C)cc4)n3n2)c1. The lowest BCUT2D eigenvalue weighted by atomic mass is 10.1. The van der Waals surface area contributed by atoms with E-state index in [2.05, 4.69) is 27.5 Å². The van der Waals surface area contributed by atoms with E-state index in [1.165, 1.54) is 23.0 Å². The van der Waals surface area contributed by atoms with Gasteiger partial charge in [-0.05, 0) is 31.2 Å². The summed E-state index contributed by atoms with van der Waals surface area (Å²) in [6, 6.07) is 13.6. The number of amides is 1. The maximum atomic E-state index is 12.4. The summed E-state index contributed by atoms with van der Waals surface area (Å²) >= 11 is 1.47. The Kier molecular flexibility index (Phi) is 5.49. The van der Waals surface area contributed by atoms with Crippen LogP contribution in [0, 0.1) is 6.92 Å². The van der Waals surface area contributed by atoms with E-state index in [4.69, 9.17) is 9.47 Å². The Morgan fingerprint density at radius 1 is 1.13 bits per heavy atom. The van der Waals surface area contributed by atoms with Crippen molar-refractivity contribution in [3.8, 4) is 22.8 Å². The van der Waals surface area contributed by atoms with Gasteiger partial charge in [0.15, 0.2) is 0 Å². The number of aromatic nitrogens is 3. The number of nitrogens with zero attached hydrogens (tertiary/aromatic N) is 3. The van der Waals surface area contributed by atoms with Crippen molar-refractivity contribution in [1.29, 1.82) is 0 Å². The number of hydrogen-bond acceptors (Lipinski definition) is 6. The average Bonchev–Trinajstić information content (AvgIpc) is 3.33. The van der Waals surface area contributed by atoms with Gasteiger partial charge >= 0.3 is 0 Å².